The third-order valence-electron chi connectivity index (χ3n) is 3.94. The molecule has 2 heterocycles. The number of methoxy groups -OCH3 is 2. The summed E-state index contributed by atoms with van der Waals surface area (Å²) in [7, 11) is 3.16. The van der Waals surface area contributed by atoms with Gasteiger partial charge in [-0.2, -0.15) is 0 Å². The molecule has 0 saturated carbocycles. The van der Waals surface area contributed by atoms with Crippen molar-refractivity contribution >= 4 is 32.6 Å². The summed E-state index contributed by atoms with van der Waals surface area (Å²) in [5, 5.41) is 3.37. The molecule has 26 heavy (non-hydrogen) atoms. The van der Waals surface area contributed by atoms with Crippen LogP contribution in [0.25, 0.3) is 10.2 Å². The largest absolute Gasteiger partial charge is 0.493 e. The summed E-state index contributed by atoms with van der Waals surface area (Å²) in [6, 6.07) is 9.11. The molecule has 0 bridgehead atoms. The summed E-state index contributed by atoms with van der Waals surface area (Å²) < 4.78 is 22.1. The number of nitrogens with zero attached hydrogens (tertiary/aromatic N) is 1. The lowest BCUT2D eigenvalue weighted by Gasteiger charge is -2.05. The van der Waals surface area contributed by atoms with E-state index in [1.807, 2.05) is 18.2 Å². The van der Waals surface area contributed by atoms with Crippen molar-refractivity contribution in [2.45, 2.75) is 6.42 Å². The zero-order valence-electron chi connectivity index (χ0n) is 14.2. The number of fused-ring (bicyclic) bond motifs is 2. The number of carbonyl (C=O) groups excluding carboxylic acids is 1. The molecule has 1 aliphatic heterocycles. The van der Waals surface area contributed by atoms with E-state index in [0.29, 0.717) is 28.1 Å². The van der Waals surface area contributed by atoms with Gasteiger partial charge >= 0.3 is 0 Å². The quantitative estimate of drug-likeness (QED) is 0.741. The molecule has 7 nitrogen and oxygen atoms in total. The van der Waals surface area contributed by atoms with E-state index in [0.717, 1.165) is 15.8 Å². The Hall–Kier alpha value is -3.00. The highest BCUT2D eigenvalue weighted by Crippen LogP contribution is 2.36. The number of hydrogen-bond acceptors (Lipinski definition) is 7. The molecule has 1 aromatic heterocycles. The number of benzene rings is 2. The van der Waals surface area contributed by atoms with Gasteiger partial charge in [0.05, 0.1) is 30.9 Å². The van der Waals surface area contributed by atoms with Gasteiger partial charge in [0, 0.05) is 12.1 Å². The van der Waals surface area contributed by atoms with E-state index in [4.69, 9.17) is 18.9 Å². The highest BCUT2D eigenvalue weighted by Gasteiger charge is 2.16. The van der Waals surface area contributed by atoms with Crippen molar-refractivity contribution < 1.29 is 23.7 Å². The maximum atomic E-state index is 12.3. The van der Waals surface area contributed by atoms with E-state index in [9.17, 15) is 4.79 Å². The van der Waals surface area contributed by atoms with Crippen LogP contribution < -0.4 is 24.3 Å². The molecule has 134 valence electrons. The maximum absolute atomic E-state index is 12.3. The summed E-state index contributed by atoms with van der Waals surface area (Å²) in [6.07, 6.45) is 0.221. The Morgan fingerprint density at radius 3 is 2.73 bits per heavy atom. The van der Waals surface area contributed by atoms with Crippen LogP contribution >= 0.6 is 11.3 Å². The lowest BCUT2D eigenvalue weighted by atomic mass is 10.1. The zero-order valence-corrected chi connectivity index (χ0v) is 15.0. The highest BCUT2D eigenvalue weighted by molar-refractivity contribution is 7.22. The van der Waals surface area contributed by atoms with E-state index in [-0.39, 0.29) is 19.1 Å². The monoisotopic (exact) mass is 372 g/mol. The van der Waals surface area contributed by atoms with Crippen molar-refractivity contribution in [3.05, 3.63) is 35.9 Å². The Morgan fingerprint density at radius 1 is 1.15 bits per heavy atom. The number of thiazole rings is 1. The highest BCUT2D eigenvalue weighted by atomic mass is 32.1. The predicted molar refractivity (Wildman–Crippen MR) is 97.6 cm³/mol. The van der Waals surface area contributed by atoms with Crippen LogP contribution in [0.3, 0.4) is 0 Å². The number of aromatic nitrogens is 1. The lowest BCUT2D eigenvalue weighted by Crippen LogP contribution is -2.14. The number of ether oxygens (including phenoxy) is 4. The topological polar surface area (TPSA) is 78.9 Å². The van der Waals surface area contributed by atoms with E-state index < -0.39 is 0 Å². The van der Waals surface area contributed by atoms with E-state index in [1.165, 1.54) is 11.3 Å². The van der Waals surface area contributed by atoms with Crippen LogP contribution in [-0.4, -0.2) is 31.9 Å². The molecule has 8 heteroatoms. The summed E-state index contributed by atoms with van der Waals surface area (Å²) in [6.45, 7) is 0.212. The van der Waals surface area contributed by atoms with E-state index >= 15 is 0 Å². The van der Waals surface area contributed by atoms with Gasteiger partial charge in [-0.25, -0.2) is 4.98 Å². The Kier molecular flexibility index (Phi) is 4.26. The molecule has 1 N–H and O–H groups in total. The minimum absolute atomic E-state index is 0.151. The minimum atomic E-state index is -0.151. The number of hydrogen-bond donors (Lipinski definition) is 1. The number of nitrogens with one attached hydrogen (secondary N) is 1. The van der Waals surface area contributed by atoms with Gasteiger partial charge in [0.25, 0.3) is 0 Å². The second-order valence-electron chi connectivity index (χ2n) is 5.61. The molecule has 2 aromatic carbocycles. The molecule has 1 aliphatic rings. The van der Waals surface area contributed by atoms with Crippen molar-refractivity contribution in [1.29, 1.82) is 0 Å². The van der Waals surface area contributed by atoms with Gasteiger partial charge in [-0.15, -0.1) is 0 Å². The van der Waals surface area contributed by atoms with Crippen LogP contribution in [0.2, 0.25) is 0 Å². The average molecular weight is 372 g/mol. The fourth-order valence-electron chi connectivity index (χ4n) is 2.71. The van der Waals surface area contributed by atoms with Gasteiger partial charge in [-0.1, -0.05) is 17.4 Å². The van der Waals surface area contributed by atoms with Gasteiger partial charge in [-0.05, 0) is 17.7 Å². The number of rotatable bonds is 5. The SMILES string of the molecule is COc1cc2nc(NC(=O)Cc3ccc4c(c3)OCO4)sc2cc1OC. The number of carbonyl (C=O) groups is 1. The van der Waals surface area contributed by atoms with Crippen LogP contribution in [-0.2, 0) is 11.2 Å². The van der Waals surface area contributed by atoms with Crippen LogP contribution in [0.4, 0.5) is 5.13 Å². The van der Waals surface area contributed by atoms with Crippen molar-refractivity contribution in [2.24, 2.45) is 0 Å². The summed E-state index contributed by atoms with van der Waals surface area (Å²) in [5.41, 5.74) is 1.59. The Balaban J connectivity index is 1.50. The molecular formula is C18H16N2O5S. The third-order valence-corrected chi connectivity index (χ3v) is 4.88. The Morgan fingerprint density at radius 2 is 1.92 bits per heavy atom. The summed E-state index contributed by atoms with van der Waals surface area (Å²) >= 11 is 1.38. The van der Waals surface area contributed by atoms with Gasteiger partial charge in [-0.3, -0.25) is 4.79 Å². The molecule has 1 amide bonds. The van der Waals surface area contributed by atoms with Crippen LogP contribution in [0.1, 0.15) is 5.56 Å². The molecule has 0 spiro atoms. The predicted octanol–water partition coefficient (Wildman–Crippen LogP) is 3.22. The first-order chi connectivity index (χ1) is 12.7. The normalized spacial score (nSPS) is 12.2. The molecule has 0 fully saturated rings. The van der Waals surface area contributed by atoms with Gasteiger partial charge < -0.3 is 24.3 Å². The summed E-state index contributed by atoms with van der Waals surface area (Å²) in [4.78, 5) is 16.8. The van der Waals surface area contributed by atoms with Crippen molar-refractivity contribution in [3.63, 3.8) is 0 Å². The standard InChI is InChI=1S/C18H16N2O5S/c1-22-13-7-11-16(8-14(13)23-2)26-18(19-11)20-17(21)6-10-3-4-12-15(5-10)25-9-24-12/h3-5,7-8H,6,9H2,1-2H3,(H,19,20,21). The minimum Gasteiger partial charge on any atom is -0.493 e. The zero-order chi connectivity index (χ0) is 18.1. The number of anilines is 1. The lowest BCUT2D eigenvalue weighted by molar-refractivity contribution is -0.115. The Labute approximate surface area is 153 Å². The van der Waals surface area contributed by atoms with Crippen molar-refractivity contribution in [2.75, 3.05) is 26.3 Å². The first-order valence-corrected chi connectivity index (χ1v) is 8.69. The van der Waals surface area contributed by atoms with E-state index in [1.54, 1.807) is 26.4 Å². The van der Waals surface area contributed by atoms with E-state index in [2.05, 4.69) is 10.3 Å². The molecule has 0 radical (unpaired) electrons. The second kappa shape index (κ2) is 6.72. The molecule has 4 rings (SSSR count). The van der Waals surface area contributed by atoms with Crippen LogP contribution in [0, 0.1) is 0 Å². The number of amides is 1. The van der Waals surface area contributed by atoms with Crippen molar-refractivity contribution in [1.82, 2.24) is 4.98 Å². The molecule has 0 unspecified atom stereocenters. The first-order valence-electron chi connectivity index (χ1n) is 7.87. The van der Waals surface area contributed by atoms with Gasteiger partial charge in [0.2, 0.25) is 12.7 Å². The molecule has 0 atom stereocenters. The fourth-order valence-corrected chi connectivity index (χ4v) is 3.60. The van der Waals surface area contributed by atoms with Gasteiger partial charge in [0.1, 0.15) is 0 Å². The molecular weight excluding hydrogens is 356 g/mol. The fraction of sp³-hybridized carbons (Fsp3) is 0.222. The molecule has 0 saturated heterocycles. The van der Waals surface area contributed by atoms with Crippen LogP contribution in [0.15, 0.2) is 30.3 Å². The first kappa shape index (κ1) is 16.5. The third kappa shape index (κ3) is 3.11. The maximum Gasteiger partial charge on any atom is 0.231 e. The second-order valence-corrected chi connectivity index (χ2v) is 6.64. The smallest absolute Gasteiger partial charge is 0.231 e. The average Bonchev–Trinajstić information content (AvgIpc) is 3.25. The molecule has 0 aliphatic carbocycles. The summed E-state index contributed by atoms with van der Waals surface area (Å²) in [5.74, 6) is 2.44. The van der Waals surface area contributed by atoms with Crippen molar-refractivity contribution in [3.8, 4) is 23.0 Å². The van der Waals surface area contributed by atoms with Gasteiger partial charge in [0.15, 0.2) is 28.1 Å². The Bertz CT molecular complexity index is 944. The van der Waals surface area contributed by atoms with Crippen LogP contribution in [0.5, 0.6) is 23.0 Å². The molecule has 3 aromatic rings.